The van der Waals surface area contributed by atoms with Crippen LogP contribution in [-0.4, -0.2) is 24.3 Å². The van der Waals surface area contributed by atoms with Crippen molar-refractivity contribution in [3.63, 3.8) is 0 Å². The minimum Gasteiger partial charge on any atom is -0.454 e. The van der Waals surface area contributed by atoms with Crippen molar-refractivity contribution < 1.29 is 23.5 Å². The number of carbonyl (C=O) groups excluding carboxylic acids is 3. The minimum atomic E-state index is -0.896. The first-order valence-electron chi connectivity index (χ1n) is 7.37. The van der Waals surface area contributed by atoms with Gasteiger partial charge in [0.05, 0.1) is 11.5 Å². The summed E-state index contributed by atoms with van der Waals surface area (Å²) in [5.74, 6) is -2.48. The summed E-state index contributed by atoms with van der Waals surface area (Å²) in [4.78, 5) is 35.6. The van der Waals surface area contributed by atoms with Crippen molar-refractivity contribution in [1.29, 1.82) is 0 Å². The molecule has 0 bridgehead atoms. The van der Waals surface area contributed by atoms with Gasteiger partial charge in [-0.2, -0.15) is 0 Å². The van der Waals surface area contributed by atoms with Gasteiger partial charge in [-0.05, 0) is 42.8 Å². The number of hydrogen-bond acceptors (Lipinski definition) is 4. The fraction of sp³-hybridized carbons (Fsp3) is 0.167. The lowest BCUT2D eigenvalue weighted by Gasteiger charge is -2.07. The van der Waals surface area contributed by atoms with Crippen LogP contribution in [0.2, 0.25) is 0 Å². The van der Waals surface area contributed by atoms with Crippen LogP contribution in [0.15, 0.2) is 42.5 Å². The van der Waals surface area contributed by atoms with Crippen LogP contribution in [0.3, 0.4) is 0 Å². The number of rotatable bonds is 4. The van der Waals surface area contributed by atoms with E-state index >= 15 is 0 Å². The van der Waals surface area contributed by atoms with Gasteiger partial charge >= 0.3 is 5.97 Å². The van der Waals surface area contributed by atoms with Crippen LogP contribution in [0.1, 0.15) is 39.1 Å². The Kier molecular flexibility index (Phi) is 4.12. The zero-order chi connectivity index (χ0) is 17.3. The highest BCUT2D eigenvalue weighted by molar-refractivity contribution is 6.05. The Morgan fingerprint density at radius 3 is 2.71 bits per heavy atom. The molecule has 0 saturated heterocycles. The zero-order valence-electron chi connectivity index (χ0n) is 12.8. The maximum Gasteiger partial charge on any atom is 0.341 e. The third-order valence-corrected chi connectivity index (χ3v) is 3.92. The zero-order valence-corrected chi connectivity index (χ0v) is 12.8. The van der Waals surface area contributed by atoms with Gasteiger partial charge in [0, 0.05) is 11.3 Å². The van der Waals surface area contributed by atoms with Crippen LogP contribution in [0.5, 0.6) is 0 Å². The molecule has 0 aliphatic carbocycles. The number of halogens is 1. The molecule has 2 aromatic carbocycles. The standard InChI is InChI=1S/C18H14FNO4/c1-10-13-8-11(6-7-15(13)20-17(10)22)16(21)9-24-18(23)12-4-2-3-5-14(12)19/h2-8,10H,9H2,1H3,(H,20,22)/t10-/m0/s1. The molecule has 1 aliphatic heterocycles. The van der Waals surface area contributed by atoms with E-state index in [1.165, 1.54) is 18.2 Å². The van der Waals surface area contributed by atoms with E-state index in [0.29, 0.717) is 11.3 Å². The molecule has 0 radical (unpaired) electrons. The number of benzene rings is 2. The molecule has 3 rings (SSSR count). The number of Topliss-reactive ketones (excluding diaryl/α,β-unsaturated/α-hetero) is 1. The molecule has 0 unspecified atom stereocenters. The average molecular weight is 327 g/mol. The van der Waals surface area contributed by atoms with E-state index in [2.05, 4.69) is 5.32 Å². The van der Waals surface area contributed by atoms with Crippen molar-refractivity contribution in [1.82, 2.24) is 0 Å². The Bertz CT molecular complexity index is 847. The highest BCUT2D eigenvalue weighted by Gasteiger charge is 2.27. The molecule has 0 spiro atoms. The van der Waals surface area contributed by atoms with Crippen molar-refractivity contribution in [2.24, 2.45) is 0 Å². The molecule has 6 heteroatoms. The molecular weight excluding hydrogens is 313 g/mol. The number of hydrogen-bond donors (Lipinski definition) is 1. The van der Waals surface area contributed by atoms with Gasteiger partial charge in [-0.15, -0.1) is 0 Å². The first-order chi connectivity index (χ1) is 11.5. The SMILES string of the molecule is C[C@@H]1C(=O)Nc2ccc(C(=O)COC(=O)c3ccccc3F)cc21. The Morgan fingerprint density at radius 2 is 1.96 bits per heavy atom. The Labute approximate surface area is 137 Å². The predicted octanol–water partition coefficient (Wildman–Crippen LogP) is 2.92. The summed E-state index contributed by atoms with van der Waals surface area (Å²) in [6.07, 6.45) is 0. The topological polar surface area (TPSA) is 72.5 Å². The third kappa shape index (κ3) is 2.90. The van der Waals surface area contributed by atoms with Gasteiger partial charge in [-0.1, -0.05) is 12.1 Å². The van der Waals surface area contributed by atoms with Crippen LogP contribution < -0.4 is 5.32 Å². The fourth-order valence-electron chi connectivity index (χ4n) is 2.51. The van der Waals surface area contributed by atoms with Crippen molar-refractivity contribution in [2.45, 2.75) is 12.8 Å². The summed E-state index contributed by atoms with van der Waals surface area (Å²) in [6.45, 7) is 1.25. The summed E-state index contributed by atoms with van der Waals surface area (Å²) in [6, 6.07) is 10.2. The summed E-state index contributed by atoms with van der Waals surface area (Å²) >= 11 is 0. The molecule has 122 valence electrons. The predicted molar refractivity (Wildman–Crippen MR) is 84.5 cm³/mol. The van der Waals surface area contributed by atoms with E-state index in [-0.39, 0.29) is 17.4 Å². The largest absolute Gasteiger partial charge is 0.454 e. The second kappa shape index (κ2) is 6.23. The van der Waals surface area contributed by atoms with E-state index in [1.54, 1.807) is 25.1 Å². The number of nitrogens with one attached hydrogen (secondary N) is 1. The number of ether oxygens (including phenoxy) is 1. The molecule has 5 nitrogen and oxygen atoms in total. The molecule has 1 heterocycles. The van der Waals surface area contributed by atoms with Crippen LogP contribution in [0, 0.1) is 5.82 Å². The van der Waals surface area contributed by atoms with E-state index in [9.17, 15) is 18.8 Å². The molecule has 24 heavy (non-hydrogen) atoms. The lowest BCUT2D eigenvalue weighted by Crippen LogP contribution is -2.15. The third-order valence-electron chi connectivity index (χ3n) is 3.92. The fourth-order valence-corrected chi connectivity index (χ4v) is 2.51. The Hall–Kier alpha value is -3.02. The normalized spacial score (nSPS) is 15.6. The number of carbonyl (C=O) groups is 3. The van der Waals surface area contributed by atoms with E-state index < -0.39 is 24.2 Å². The molecule has 0 saturated carbocycles. The average Bonchev–Trinajstić information content (AvgIpc) is 2.87. The summed E-state index contributed by atoms with van der Waals surface area (Å²) in [7, 11) is 0. The highest BCUT2D eigenvalue weighted by atomic mass is 19.1. The Balaban J connectivity index is 1.69. The van der Waals surface area contributed by atoms with Crippen molar-refractivity contribution >= 4 is 23.3 Å². The van der Waals surface area contributed by atoms with Gasteiger partial charge < -0.3 is 10.1 Å². The molecule has 1 amide bonds. The second-order valence-electron chi connectivity index (χ2n) is 5.49. The monoisotopic (exact) mass is 327 g/mol. The second-order valence-corrected chi connectivity index (χ2v) is 5.49. The smallest absolute Gasteiger partial charge is 0.341 e. The molecule has 2 aromatic rings. The van der Waals surface area contributed by atoms with E-state index in [0.717, 1.165) is 11.6 Å². The van der Waals surface area contributed by atoms with Crippen LogP contribution in [0.4, 0.5) is 10.1 Å². The maximum absolute atomic E-state index is 13.5. The van der Waals surface area contributed by atoms with Crippen LogP contribution in [-0.2, 0) is 9.53 Å². The number of anilines is 1. The number of amides is 1. The van der Waals surface area contributed by atoms with Gasteiger partial charge in [-0.25, -0.2) is 9.18 Å². The first-order valence-corrected chi connectivity index (χ1v) is 7.37. The van der Waals surface area contributed by atoms with Gasteiger partial charge in [0.1, 0.15) is 5.82 Å². The maximum atomic E-state index is 13.5. The summed E-state index contributed by atoms with van der Waals surface area (Å²) in [5, 5.41) is 2.71. The van der Waals surface area contributed by atoms with Gasteiger partial charge in [0.2, 0.25) is 5.91 Å². The van der Waals surface area contributed by atoms with E-state index in [4.69, 9.17) is 4.74 Å². The van der Waals surface area contributed by atoms with Crippen molar-refractivity contribution in [3.8, 4) is 0 Å². The number of fused-ring (bicyclic) bond motifs is 1. The van der Waals surface area contributed by atoms with Crippen LogP contribution in [0.25, 0.3) is 0 Å². The molecule has 1 aliphatic rings. The molecule has 0 fully saturated rings. The summed E-state index contributed by atoms with van der Waals surface area (Å²) in [5.41, 5.74) is 1.51. The lowest BCUT2D eigenvalue weighted by atomic mass is 9.99. The van der Waals surface area contributed by atoms with Crippen molar-refractivity contribution in [2.75, 3.05) is 11.9 Å². The summed E-state index contributed by atoms with van der Waals surface area (Å²) < 4.78 is 18.4. The molecular formula is C18H14FNO4. The van der Waals surface area contributed by atoms with Gasteiger partial charge in [-0.3, -0.25) is 9.59 Å². The first kappa shape index (κ1) is 15.9. The Morgan fingerprint density at radius 1 is 1.21 bits per heavy atom. The highest BCUT2D eigenvalue weighted by Crippen LogP contribution is 2.32. The van der Waals surface area contributed by atoms with Gasteiger partial charge in [0.25, 0.3) is 0 Å². The van der Waals surface area contributed by atoms with Crippen molar-refractivity contribution in [3.05, 3.63) is 65.0 Å². The number of esters is 1. The van der Waals surface area contributed by atoms with Gasteiger partial charge in [0.15, 0.2) is 12.4 Å². The molecule has 0 aromatic heterocycles. The minimum absolute atomic E-state index is 0.124. The van der Waals surface area contributed by atoms with E-state index in [1.807, 2.05) is 0 Å². The molecule has 1 atom stereocenters. The molecule has 1 N–H and O–H groups in total. The van der Waals surface area contributed by atoms with Crippen LogP contribution >= 0.6 is 0 Å². The quantitative estimate of drug-likeness (QED) is 0.692. The number of ketones is 1. The lowest BCUT2D eigenvalue weighted by molar-refractivity contribution is -0.116.